The van der Waals surface area contributed by atoms with Crippen molar-refractivity contribution in [2.45, 2.75) is 31.7 Å². The molecule has 1 fully saturated rings. The zero-order chi connectivity index (χ0) is 17.1. The average molecular weight is 365 g/mol. The summed E-state index contributed by atoms with van der Waals surface area (Å²) in [5.41, 5.74) is 0.563. The number of hydrogen-bond acceptors (Lipinski definition) is 4. The average Bonchev–Trinajstić information content (AvgIpc) is 3.23. The Hall–Kier alpha value is -1.92. The number of carbonyl (C=O) groups excluding carboxylic acids is 1. The Morgan fingerprint density at radius 1 is 1.33 bits per heavy atom. The molecule has 0 aromatic carbocycles. The van der Waals surface area contributed by atoms with E-state index < -0.39 is 12.0 Å². The van der Waals surface area contributed by atoms with Gasteiger partial charge in [-0.25, -0.2) is 4.79 Å². The van der Waals surface area contributed by atoms with E-state index in [1.54, 1.807) is 18.2 Å². The van der Waals surface area contributed by atoms with E-state index in [0.29, 0.717) is 15.6 Å². The van der Waals surface area contributed by atoms with Crippen LogP contribution in [0.5, 0.6) is 0 Å². The fourth-order valence-corrected chi connectivity index (χ4v) is 3.52. The predicted molar refractivity (Wildman–Crippen MR) is 92.6 cm³/mol. The molecular formula is C17H17ClN2O3S. The topological polar surface area (TPSA) is 79.3 Å². The maximum atomic E-state index is 12.3. The Labute approximate surface area is 148 Å². The Morgan fingerprint density at radius 2 is 2.12 bits per heavy atom. The molecular weight excluding hydrogens is 348 g/mol. The van der Waals surface area contributed by atoms with Gasteiger partial charge in [0.15, 0.2) is 0 Å². The van der Waals surface area contributed by atoms with Crippen LogP contribution < -0.4 is 5.32 Å². The highest BCUT2D eigenvalue weighted by Crippen LogP contribution is 2.34. The summed E-state index contributed by atoms with van der Waals surface area (Å²) in [7, 11) is 0. The third-order valence-corrected chi connectivity index (χ3v) is 5.21. The van der Waals surface area contributed by atoms with E-state index in [-0.39, 0.29) is 12.3 Å². The van der Waals surface area contributed by atoms with Gasteiger partial charge in [0.1, 0.15) is 6.04 Å². The van der Waals surface area contributed by atoms with Gasteiger partial charge in [-0.3, -0.25) is 9.78 Å². The third kappa shape index (κ3) is 4.55. The van der Waals surface area contributed by atoms with Crippen LogP contribution in [0.15, 0.2) is 30.5 Å². The fourth-order valence-electron chi connectivity index (χ4n) is 2.38. The minimum absolute atomic E-state index is 0.110. The van der Waals surface area contributed by atoms with Crippen molar-refractivity contribution < 1.29 is 14.7 Å². The molecule has 1 unspecified atom stereocenters. The Morgan fingerprint density at radius 3 is 2.75 bits per heavy atom. The van der Waals surface area contributed by atoms with E-state index in [4.69, 9.17) is 11.6 Å². The number of hydrogen-bond donors (Lipinski definition) is 2. The van der Waals surface area contributed by atoms with Crippen LogP contribution in [0, 0.1) is 5.92 Å². The number of carboxylic acids is 1. The first-order valence-electron chi connectivity index (χ1n) is 7.74. The normalized spacial score (nSPS) is 15.0. The molecule has 0 radical (unpaired) electrons. The number of amides is 1. The van der Waals surface area contributed by atoms with Crippen LogP contribution in [-0.2, 0) is 17.6 Å². The van der Waals surface area contributed by atoms with Crippen molar-refractivity contribution in [3.63, 3.8) is 0 Å². The molecule has 3 rings (SSSR count). The number of thiophene rings is 1. The molecule has 2 aromatic rings. The molecule has 0 aliphatic heterocycles. The Bertz CT molecular complexity index is 741. The van der Waals surface area contributed by atoms with Gasteiger partial charge in [-0.1, -0.05) is 11.6 Å². The van der Waals surface area contributed by atoms with Gasteiger partial charge >= 0.3 is 5.97 Å². The number of nitrogens with one attached hydrogen (secondary N) is 1. The van der Waals surface area contributed by atoms with Crippen molar-refractivity contribution in [1.29, 1.82) is 0 Å². The van der Waals surface area contributed by atoms with Crippen molar-refractivity contribution >= 4 is 34.8 Å². The molecule has 1 aliphatic rings. The summed E-state index contributed by atoms with van der Waals surface area (Å²) in [6.45, 7) is 0. The van der Waals surface area contributed by atoms with Gasteiger partial charge in [-0.2, -0.15) is 0 Å². The summed E-state index contributed by atoms with van der Waals surface area (Å²) in [6.07, 6.45) is 5.10. The number of pyridine rings is 1. The lowest BCUT2D eigenvalue weighted by atomic mass is 10.1. The van der Waals surface area contributed by atoms with Crippen LogP contribution in [0.1, 0.15) is 33.1 Å². The molecule has 5 nitrogen and oxygen atoms in total. The maximum absolute atomic E-state index is 12.3. The van der Waals surface area contributed by atoms with Gasteiger partial charge in [0.25, 0.3) is 5.91 Å². The Balaban J connectivity index is 1.63. The van der Waals surface area contributed by atoms with Crippen LogP contribution in [0.3, 0.4) is 0 Å². The summed E-state index contributed by atoms with van der Waals surface area (Å²) in [5.74, 6) is -0.694. The van der Waals surface area contributed by atoms with Gasteiger partial charge < -0.3 is 10.4 Å². The standard InChI is InChI=1S/C17H17ClN2O3S/c18-11-3-4-12(19-9-11)8-14(17(22)23)20-16(21)15-6-5-13(24-15)7-10-1-2-10/h3-6,9-10,14H,1-2,7-8H2,(H,20,21)(H,22,23). The van der Waals surface area contributed by atoms with Gasteiger partial charge in [0.05, 0.1) is 9.90 Å². The molecule has 2 N–H and O–H groups in total. The SMILES string of the molecule is O=C(NC(Cc1ccc(Cl)cn1)C(=O)O)c1ccc(CC2CC2)s1. The van der Waals surface area contributed by atoms with Crippen LogP contribution >= 0.6 is 22.9 Å². The highest BCUT2D eigenvalue weighted by molar-refractivity contribution is 7.14. The largest absolute Gasteiger partial charge is 0.480 e. The van der Waals surface area contributed by atoms with Gasteiger partial charge in [-0.05, 0) is 49.4 Å². The summed E-state index contributed by atoms with van der Waals surface area (Å²) < 4.78 is 0. The second-order valence-corrected chi connectivity index (χ2v) is 7.55. The quantitative estimate of drug-likeness (QED) is 0.790. The summed E-state index contributed by atoms with van der Waals surface area (Å²) in [4.78, 5) is 29.5. The van der Waals surface area contributed by atoms with E-state index in [1.165, 1.54) is 35.3 Å². The van der Waals surface area contributed by atoms with E-state index in [0.717, 1.165) is 12.3 Å². The molecule has 1 amide bonds. The van der Waals surface area contributed by atoms with Crippen molar-refractivity contribution in [2.75, 3.05) is 0 Å². The molecule has 1 saturated carbocycles. The second kappa shape index (κ2) is 7.32. The molecule has 2 aromatic heterocycles. The smallest absolute Gasteiger partial charge is 0.326 e. The monoisotopic (exact) mass is 364 g/mol. The van der Waals surface area contributed by atoms with E-state index in [2.05, 4.69) is 10.3 Å². The first-order valence-corrected chi connectivity index (χ1v) is 8.93. The summed E-state index contributed by atoms with van der Waals surface area (Å²) >= 11 is 7.20. The minimum atomic E-state index is -1.09. The second-order valence-electron chi connectivity index (χ2n) is 5.95. The first kappa shape index (κ1) is 16.9. The maximum Gasteiger partial charge on any atom is 0.326 e. The Kier molecular flexibility index (Phi) is 5.16. The molecule has 1 aliphatic carbocycles. The number of aromatic nitrogens is 1. The molecule has 0 bridgehead atoms. The van der Waals surface area contributed by atoms with E-state index in [9.17, 15) is 14.7 Å². The lowest BCUT2D eigenvalue weighted by molar-refractivity contribution is -0.139. The highest BCUT2D eigenvalue weighted by Gasteiger charge is 2.25. The number of halogens is 1. The summed E-state index contributed by atoms with van der Waals surface area (Å²) in [6, 6.07) is 5.99. The lowest BCUT2D eigenvalue weighted by Gasteiger charge is -2.13. The van der Waals surface area contributed by atoms with Gasteiger partial charge in [0.2, 0.25) is 0 Å². The molecule has 0 spiro atoms. The number of nitrogens with zero attached hydrogens (tertiary/aromatic N) is 1. The highest BCUT2D eigenvalue weighted by atomic mass is 35.5. The van der Waals surface area contributed by atoms with Crippen LogP contribution in [-0.4, -0.2) is 28.0 Å². The lowest BCUT2D eigenvalue weighted by Crippen LogP contribution is -2.42. The third-order valence-electron chi connectivity index (χ3n) is 3.88. The number of carbonyl (C=O) groups is 2. The number of carboxylic acid groups (broad SMARTS) is 1. The fraction of sp³-hybridized carbons (Fsp3) is 0.353. The minimum Gasteiger partial charge on any atom is -0.480 e. The zero-order valence-electron chi connectivity index (χ0n) is 12.9. The van der Waals surface area contributed by atoms with Crippen molar-refractivity contribution in [3.8, 4) is 0 Å². The summed E-state index contributed by atoms with van der Waals surface area (Å²) in [5, 5.41) is 12.4. The van der Waals surface area contributed by atoms with E-state index >= 15 is 0 Å². The number of rotatable bonds is 7. The molecule has 24 heavy (non-hydrogen) atoms. The van der Waals surface area contributed by atoms with Crippen molar-refractivity contribution in [3.05, 3.63) is 50.9 Å². The number of aliphatic carboxylic acids is 1. The molecule has 7 heteroatoms. The van der Waals surface area contributed by atoms with Crippen molar-refractivity contribution in [1.82, 2.24) is 10.3 Å². The van der Waals surface area contributed by atoms with Crippen molar-refractivity contribution in [2.24, 2.45) is 5.92 Å². The van der Waals surface area contributed by atoms with Gasteiger partial charge in [-0.15, -0.1) is 11.3 Å². The van der Waals surface area contributed by atoms with Crippen LogP contribution in [0.4, 0.5) is 0 Å². The first-order chi connectivity index (χ1) is 11.5. The zero-order valence-corrected chi connectivity index (χ0v) is 14.4. The molecule has 126 valence electrons. The van der Waals surface area contributed by atoms with Crippen LogP contribution in [0.25, 0.3) is 0 Å². The molecule has 2 heterocycles. The predicted octanol–water partition coefficient (Wildman–Crippen LogP) is 3.17. The molecule has 0 saturated heterocycles. The van der Waals surface area contributed by atoms with Gasteiger partial charge in [0, 0.05) is 23.2 Å². The molecule has 1 atom stereocenters. The van der Waals surface area contributed by atoms with Crippen LogP contribution in [0.2, 0.25) is 5.02 Å². The van der Waals surface area contributed by atoms with E-state index in [1.807, 2.05) is 6.07 Å².